The van der Waals surface area contributed by atoms with Crippen LogP contribution in [0.5, 0.6) is 0 Å². The lowest BCUT2D eigenvalue weighted by Crippen LogP contribution is -2.22. The van der Waals surface area contributed by atoms with Crippen LogP contribution in [0.15, 0.2) is 60.8 Å². The van der Waals surface area contributed by atoms with Crippen LogP contribution in [0.3, 0.4) is 0 Å². The van der Waals surface area contributed by atoms with Gasteiger partial charge in [0.1, 0.15) is 0 Å². The van der Waals surface area contributed by atoms with Crippen LogP contribution < -0.4 is 0 Å². The number of allylic oxidation sites excluding steroid dienone is 9. The number of unbranched alkanes of at least 4 members (excludes halogenated alkanes) is 1. The van der Waals surface area contributed by atoms with Crippen molar-refractivity contribution in [2.45, 2.75) is 57.7 Å². The molecule has 4 heteroatoms. The molecule has 0 amide bonds. The van der Waals surface area contributed by atoms with Gasteiger partial charge in [0.15, 0.2) is 0 Å². The fourth-order valence-corrected chi connectivity index (χ4v) is 1.77. The highest BCUT2D eigenvalue weighted by Crippen LogP contribution is 2.00. The molecule has 0 saturated heterocycles. The Balaban J connectivity index is 3.70. The Labute approximate surface area is 145 Å². The summed E-state index contributed by atoms with van der Waals surface area (Å²) in [5.74, 6) is -0.741. The molecule has 0 aromatic rings. The van der Waals surface area contributed by atoms with Gasteiger partial charge in [0.25, 0.3) is 0 Å². The van der Waals surface area contributed by atoms with E-state index >= 15 is 0 Å². The molecule has 0 aromatic carbocycles. The van der Waals surface area contributed by atoms with Gasteiger partial charge in [-0.05, 0) is 32.1 Å². The summed E-state index contributed by atoms with van der Waals surface area (Å²) in [6.45, 7) is 1.82. The van der Waals surface area contributed by atoms with E-state index in [1.54, 1.807) is 12.2 Å². The summed E-state index contributed by atoms with van der Waals surface area (Å²) in [5.41, 5.74) is 0. The molecule has 0 bridgehead atoms. The van der Waals surface area contributed by atoms with Crippen LogP contribution in [0.2, 0.25) is 0 Å². The average Bonchev–Trinajstić information content (AvgIpc) is 2.57. The fourth-order valence-electron chi connectivity index (χ4n) is 1.77. The third-order valence-electron chi connectivity index (χ3n) is 3.23. The minimum absolute atomic E-state index is 0.228. The summed E-state index contributed by atoms with van der Waals surface area (Å²) >= 11 is 0. The van der Waals surface area contributed by atoms with E-state index in [1.807, 2.05) is 43.4 Å². The first-order valence-electron chi connectivity index (χ1n) is 8.45. The van der Waals surface area contributed by atoms with Crippen molar-refractivity contribution in [3.05, 3.63) is 60.8 Å². The van der Waals surface area contributed by atoms with Crippen LogP contribution in [-0.4, -0.2) is 33.5 Å². The SMILES string of the molecule is CC[C@@H](O)[C@@H](O)/C=C/C=C/C=C\C/C=C\C/C=C\CCCC(=O)O. The summed E-state index contributed by atoms with van der Waals surface area (Å²) in [6, 6.07) is 0. The summed E-state index contributed by atoms with van der Waals surface area (Å²) in [7, 11) is 0. The predicted octanol–water partition coefficient (Wildman–Crippen LogP) is 3.93. The summed E-state index contributed by atoms with van der Waals surface area (Å²) in [5, 5.41) is 27.4. The lowest BCUT2D eigenvalue weighted by Gasteiger charge is -2.10. The number of aliphatic hydroxyl groups is 2. The summed E-state index contributed by atoms with van der Waals surface area (Å²) in [4.78, 5) is 10.3. The van der Waals surface area contributed by atoms with E-state index in [4.69, 9.17) is 5.11 Å². The second-order valence-electron chi connectivity index (χ2n) is 5.36. The number of hydrogen-bond acceptors (Lipinski definition) is 3. The van der Waals surface area contributed by atoms with Crippen LogP contribution in [0.4, 0.5) is 0 Å². The molecule has 3 N–H and O–H groups in total. The molecule has 0 rings (SSSR count). The standard InChI is InChI=1S/C20H30O4/c1-2-18(21)19(22)16-14-12-10-8-6-4-3-5-7-9-11-13-15-17-20(23)24/h3,5-6,8-12,14,16,18-19,21-22H,2,4,7,13,15,17H2,1H3,(H,23,24)/b5-3-,8-6-,11-9-,12-10+,16-14+/t18-,19+/m1/s1. The number of rotatable bonds is 13. The third kappa shape index (κ3) is 15.0. The van der Waals surface area contributed by atoms with Crippen LogP contribution >= 0.6 is 0 Å². The van der Waals surface area contributed by atoms with Gasteiger partial charge >= 0.3 is 5.97 Å². The number of aliphatic hydroxyl groups excluding tert-OH is 2. The minimum Gasteiger partial charge on any atom is -0.481 e. The number of carbonyl (C=O) groups is 1. The molecule has 0 radical (unpaired) electrons. The first-order chi connectivity index (χ1) is 11.6. The molecule has 0 aliphatic heterocycles. The Kier molecular flexibility index (Phi) is 14.7. The minimum atomic E-state index is -0.816. The van der Waals surface area contributed by atoms with Crippen LogP contribution in [0, 0.1) is 0 Å². The Morgan fingerprint density at radius 1 is 0.917 bits per heavy atom. The van der Waals surface area contributed by atoms with Crippen molar-refractivity contribution in [2.75, 3.05) is 0 Å². The van der Waals surface area contributed by atoms with Crippen molar-refractivity contribution in [3.63, 3.8) is 0 Å². The van der Waals surface area contributed by atoms with Gasteiger partial charge in [0.2, 0.25) is 0 Å². The molecular formula is C20H30O4. The zero-order valence-corrected chi connectivity index (χ0v) is 14.4. The molecular weight excluding hydrogens is 304 g/mol. The molecule has 0 spiro atoms. The maximum Gasteiger partial charge on any atom is 0.303 e. The van der Waals surface area contributed by atoms with E-state index in [9.17, 15) is 15.0 Å². The highest BCUT2D eigenvalue weighted by molar-refractivity contribution is 5.66. The highest BCUT2D eigenvalue weighted by Gasteiger charge is 2.08. The van der Waals surface area contributed by atoms with Gasteiger partial charge in [-0.3, -0.25) is 4.79 Å². The summed E-state index contributed by atoms with van der Waals surface area (Å²) in [6.07, 6.45) is 21.6. The second-order valence-corrected chi connectivity index (χ2v) is 5.36. The van der Waals surface area contributed by atoms with Gasteiger partial charge in [0.05, 0.1) is 12.2 Å². The number of hydrogen-bond donors (Lipinski definition) is 3. The Morgan fingerprint density at radius 2 is 1.54 bits per heavy atom. The molecule has 0 fully saturated rings. The van der Waals surface area contributed by atoms with Crippen molar-refractivity contribution < 1.29 is 20.1 Å². The largest absolute Gasteiger partial charge is 0.481 e. The highest BCUT2D eigenvalue weighted by atomic mass is 16.4. The average molecular weight is 334 g/mol. The Morgan fingerprint density at radius 3 is 2.21 bits per heavy atom. The van der Waals surface area contributed by atoms with Gasteiger partial charge in [-0.1, -0.05) is 67.7 Å². The third-order valence-corrected chi connectivity index (χ3v) is 3.23. The fraction of sp³-hybridized carbons (Fsp3) is 0.450. The zero-order chi connectivity index (χ0) is 18.0. The first-order valence-corrected chi connectivity index (χ1v) is 8.45. The molecule has 2 atom stereocenters. The smallest absolute Gasteiger partial charge is 0.303 e. The molecule has 24 heavy (non-hydrogen) atoms. The Hall–Kier alpha value is -1.91. The lowest BCUT2D eigenvalue weighted by molar-refractivity contribution is -0.137. The molecule has 4 nitrogen and oxygen atoms in total. The normalized spacial score (nSPS) is 15.5. The van der Waals surface area contributed by atoms with Crippen molar-refractivity contribution >= 4 is 5.97 Å². The van der Waals surface area contributed by atoms with E-state index in [0.29, 0.717) is 12.8 Å². The topological polar surface area (TPSA) is 77.8 Å². The predicted molar refractivity (Wildman–Crippen MR) is 98.7 cm³/mol. The molecule has 0 aliphatic rings. The summed E-state index contributed by atoms with van der Waals surface area (Å²) < 4.78 is 0. The first kappa shape index (κ1) is 22.1. The molecule has 0 heterocycles. The Bertz CT molecular complexity index is 458. The molecule has 0 saturated carbocycles. The monoisotopic (exact) mass is 334 g/mol. The maximum atomic E-state index is 10.3. The maximum absolute atomic E-state index is 10.3. The van der Waals surface area contributed by atoms with Crippen LogP contribution in [0.1, 0.15) is 45.4 Å². The van der Waals surface area contributed by atoms with Crippen molar-refractivity contribution in [1.82, 2.24) is 0 Å². The zero-order valence-electron chi connectivity index (χ0n) is 14.4. The van der Waals surface area contributed by atoms with Gasteiger partial charge in [-0.15, -0.1) is 0 Å². The second kappa shape index (κ2) is 16.0. The van der Waals surface area contributed by atoms with Gasteiger partial charge in [-0.25, -0.2) is 0 Å². The van der Waals surface area contributed by atoms with E-state index in [-0.39, 0.29) is 6.42 Å². The van der Waals surface area contributed by atoms with Crippen LogP contribution in [0.25, 0.3) is 0 Å². The van der Waals surface area contributed by atoms with E-state index in [0.717, 1.165) is 19.3 Å². The van der Waals surface area contributed by atoms with Crippen molar-refractivity contribution in [3.8, 4) is 0 Å². The van der Waals surface area contributed by atoms with E-state index in [2.05, 4.69) is 12.2 Å². The van der Waals surface area contributed by atoms with E-state index in [1.165, 1.54) is 0 Å². The molecule has 0 unspecified atom stereocenters. The van der Waals surface area contributed by atoms with Crippen molar-refractivity contribution in [1.29, 1.82) is 0 Å². The molecule has 134 valence electrons. The van der Waals surface area contributed by atoms with Gasteiger partial charge in [0, 0.05) is 6.42 Å². The van der Waals surface area contributed by atoms with Crippen LogP contribution in [-0.2, 0) is 4.79 Å². The number of carboxylic acid groups (broad SMARTS) is 1. The molecule has 0 aromatic heterocycles. The lowest BCUT2D eigenvalue weighted by atomic mass is 10.1. The van der Waals surface area contributed by atoms with Crippen molar-refractivity contribution in [2.24, 2.45) is 0 Å². The number of aliphatic carboxylic acids is 1. The van der Waals surface area contributed by atoms with Gasteiger partial charge in [-0.2, -0.15) is 0 Å². The quantitative estimate of drug-likeness (QED) is 0.271. The van der Waals surface area contributed by atoms with E-state index < -0.39 is 18.2 Å². The number of carboxylic acids is 1. The molecule has 0 aliphatic carbocycles. The van der Waals surface area contributed by atoms with Gasteiger partial charge < -0.3 is 15.3 Å².